The van der Waals surface area contributed by atoms with Gasteiger partial charge in [0.2, 0.25) is 0 Å². The van der Waals surface area contributed by atoms with E-state index in [-0.39, 0.29) is 4.90 Å². The summed E-state index contributed by atoms with van der Waals surface area (Å²) in [4.78, 5) is 16.8. The summed E-state index contributed by atoms with van der Waals surface area (Å²) in [7, 11) is -3.85. The minimum atomic E-state index is -3.85. The Morgan fingerprint density at radius 3 is 2.57 bits per heavy atom. The largest absolute Gasteiger partial charge is 0.276 e. The standard InChI is InChI=1S/C14H16N2O3S2/c1-3-7-12-15-10(2)13(20-12)14(17)16-21(18,19)11-8-5-4-6-9-11/h4-6,8-9H,3,7H2,1-2H3,(H,16,17). The molecule has 1 N–H and O–H groups in total. The maximum absolute atomic E-state index is 12.2. The van der Waals surface area contributed by atoms with Gasteiger partial charge in [0.15, 0.2) is 0 Å². The van der Waals surface area contributed by atoms with Crippen molar-refractivity contribution in [3.63, 3.8) is 0 Å². The monoisotopic (exact) mass is 324 g/mol. The quantitative estimate of drug-likeness (QED) is 0.917. The summed E-state index contributed by atoms with van der Waals surface area (Å²) >= 11 is 1.24. The van der Waals surface area contributed by atoms with Gasteiger partial charge in [-0.3, -0.25) is 4.79 Å². The van der Waals surface area contributed by atoms with Crippen LogP contribution in [0.4, 0.5) is 0 Å². The van der Waals surface area contributed by atoms with Crippen LogP contribution in [-0.2, 0) is 16.4 Å². The molecule has 5 nitrogen and oxygen atoms in total. The topological polar surface area (TPSA) is 76.1 Å². The molecule has 0 saturated heterocycles. The number of sulfonamides is 1. The third kappa shape index (κ3) is 3.68. The average Bonchev–Trinajstić information content (AvgIpc) is 2.81. The molecule has 2 rings (SSSR count). The molecule has 7 heteroatoms. The molecule has 0 spiro atoms. The number of aromatic nitrogens is 1. The first kappa shape index (κ1) is 15.7. The lowest BCUT2D eigenvalue weighted by atomic mass is 10.3. The third-order valence-corrected chi connectivity index (χ3v) is 5.35. The fourth-order valence-corrected chi connectivity index (χ4v) is 3.92. The van der Waals surface area contributed by atoms with Crippen molar-refractivity contribution in [2.75, 3.05) is 0 Å². The van der Waals surface area contributed by atoms with Crippen LogP contribution in [0, 0.1) is 6.92 Å². The first-order valence-corrected chi connectivity index (χ1v) is 8.82. The highest BCUT2D eigenvalue weighted by Crippen LogP contribution is 2.20. The number of rotatable bonds is 5. The predicted molar refractivity (Wildman–Crippen MR) is 81.9 cm³/mol. The molecule has 0 aliphatic rings. The van der Waals surface area contributed by atoms with Crippen LogP contribution in [0.5, 0.6) is 0 Å². The van der Waals surface area contributed by atoms with Gasteiger partial charge in [-0.2, -0.15) is 0 Å². The van der Waals surface area contributed by atoms with Gasteiger partial charge in [0, 0.05) is 0 Å². The van der Waals surface area contributed by atoms with E-state index >= 15 is 0 Å². The highest BCUT2D eigenvalue weighted by molar-refractivity contribution is 7.90. The Morgan fingerprint density at radius 2 is 1.95 bits per heavy atom. The first-order chi connectivity index (χ1) is 9.94. The van der Waals surface area contributed by atoms with Crippen molar-refractivity contribution in [3.05, 3.63) is 45.9 Å². The zero-order chi connectivity index (χ0) is 15.5. The van der Waals surface area contributed by atoms with E-state index in [4.69, 9.17) is 0 Å². The van der Waals surface area contributed by atoms with Gasteiger partial charge in [-0.25, -0.2) is 18.1 Å². The maximum atomic E-state index is 12.2. The molecule has 1 aromatic carbocycles. The molecule has 1 amide bonds. The van der Waals surface area contributed by atoms with Crippen LogP contribution < -0.4 is 4.72 Å². The fraction of sp³-hybridized carbons (Fsp3) is 0.286. The van der Waals surface area contributed by atoms with E-state index < -0.39 is 15.9 Å². The molecule has 112 valence electrons. The summed E-state index contributed by atoms with van der Waals surface area (Å²) in [6, 6.07) is 7.81. The lowest BCUT2D eigenvalue weighted by Gasteiger charge is -2.05. The van der Waals surface area contributed by atoms with Crippen LogP contribution in [0.25, 0.3) is 0 Å². The molecule has 0 aliphatic heterocycles. The zero-order valence-corrected chi connectivity index (χ0v) is 13.4. The Labute approximate surface area is 128 Å². The molecular formula is C14H16N2O3S2. The molecule has 0 fully saturated rings. The molecule has 1 aromatic heterocycles. The molecule has 0 aliphatic carbocycles. The van der Waals surface area contributed by atoms with Gasteiger partial charge in [0.05, 0.1) is 15.6 Å². The van der Waals surface area contributed by atoms with Gasteiger partial charge >= 0.3 is 0 Å². The third-order valence-electron chi connectivity index (χ3n) is 2.79. The number of nitrogens with one attached hydrogen (secondary N) is 1. The van der Waals surface area contributed by atoms with E-state index in [1.807, 2.05) is 6.92 Å². The lowest BCUT2D eigenvalue weighted by molar-refractivity contribution is 0.0984. The van der Waals surface area contributed by atoms with Crippen LogP contribution in [0.1, 0.15) is 33.7 Å². The van der Waals surface area contributed by atoms with Crippen molar-refractivity contribution >= 4 is 27.3 Å². The van der Waals surface area contributed by atoms with Gasteiger partial charge < -0.3 is 0 Å². The number of aryl methyl sites for hydroxylation is 2. The number of nitrogens with zero attached hydrogens (tertiary/aromatic N) is 1. The van der Waals surface area contributed by atoms with E-state index in [1.165, 1.54) is 23.5 Å². The summed E-state index contributed by atoms with van der Waals surface area (Å²) < 4.78 is 26.3. The second kappa shape index (κ2) is 6.36. The number of hydrogen-bond acceptors (Lipinski definition) is 5. The molecule has 0 radical (unpaired) electrons. The molecular weight excluding hydrogens is 308 g/mol. The van der Waals surface area contributed by atoms with E-state index in [9.17, 15) is 13.2 Å². The fourth-order valence-electron chi connectivity index (χ4n) is 1.81. The molecule has 0 bridgehead atoms. The van der Waals surface area contributed by atoms with Crippen LogP contribution in [0.3, 0.4) is 0 Å². The Bertz CT molecular complexity index is 737. The highest BCUT2D eigenvalue weighted by Gasteiger charge is 2.22. The van der Waals surface area contributed by atoms with E-state index in [0.29, 0.717) is 10.6 Å². The van der Waals surface area contributed by atoms with Gasteiger partial charge in [-0.15, -0.1) is 11.3 Å². The van der Waals surface area contributed by atoms with Crippen molar-refractivity contribution in [3.8, 4) is 0 Å². The van der Waals surface area contributed by atoms with Gasteiger partial charge in [-0.05, 0) is 31.9 Å². The number of carbonyl (C=O) groups is 1. The number of hydrogen-bond donors (Lipinski definition) is 1. The van der Waals surface area contributed by atoms with Crippen LogP contribution >= 0.6 is 11.3 Å². The summed E-state index contributed by atoms with van der Waals surface area (Å²) in [6.07, 6.45) is 1.71. The van der Waals surface area contributed by atoms with Crippen molar-refractivity contribution in [2.24, 2.45) is 0 Å². The average molecular weight is 324 g/mol. The second-order valence-electron chi connectivity index (χ2n) is 4.52. The van der Waals surface area contributed by atoms with Gasteiger partial charge in [0.25, 0.3) is 15.9 Å². The van der Waals surface area contributed by atoms with E-state index in [1.54, 1.807) is 25.1 Å². The maximum Gasteiger partial charge on any atom is 0.276 e. The highest BCUT2D eigenvalue weighted by atomic mass is 32.2. The number of carbonyl (C=O) groups excluding carboxylic acids is 1. The summed E-state index contributed by atoms with van der Waals surface area (Å²) in [6.45, 7) is 3.73. The molecule has 0 unspecified atom stereocenters. The van der Waals surface area contributed by atoms with E-state index in [0.717, 1.165) is 17.8 Å². The Morgan fingerprint density at radius 1 is 1.29 bits per heavy atom. The first-order valence-electron chi connectivity index (χ1n) is 6.52. The van der Waals surface area contributed by atoms with Gasteiger partial charge in [-0.1, -0.05) is 25.1 Å². The number of amides is 1. The predicted octanol–water partition coefficient (Wildman–Crippen LogP) is 2.52. The Hall–Kier alpha value is -1.73. The molecule has 0 atom stereocenters. The molecule has 1 heterocycles. The minimum Gasteiger partial charge on any atom is -0.267 e. The van der Waals surface area contributed by atoms with Crippen LogP contribution in [0.15, 0.2) is 35.2 Å². The smallest absolute Gasteiger partial charge is 0.267 e. The van der Waals surface area contributed by atoms with Gasteiger partial charge in [0.1, 0.15) is 4.88 Å². The Kier molecular flexibility index (Phi) is 4.74. The SMILES string of the molecule is CCCc1nc(C)c(C(=O)NS(=O)(=O)c2ccccc2)s1. The number of benzene rings is 1. The molecule has 0 saturated carbocycles. The van der Waals surface area contributed by atoms with Crippen molar-refractivity contribution in [1.29, 1.82) is 0 Å². The summed E-state index contributed by atoms with van der Waals surface area (Å²) in [5, 5.41) is 0.845. The zero-order valence-electron chi connectivity index (χ0n) is 11.8. The summed E-state index contributed by atoms with van der Waals surface area (Å²) in [5.41, 5.74) is 0.559. The van der Waals surface area contributed by atoms with E-state index in [2.05, 4.69) is 9.71 Å². The van der Waals surface area contributed by atoms with Crippen LogP contribution in [-0.4, -0.2) is 19.3 Å². The van der Waals surface area contributed by atoms with Crippen molar-refractivity contribution in [2.45, 2.75) is 31.6 Å². The lowest BCUT2D eigenvalue weighted by Crippen LogP contribution is -2.30. The number of thiazole rings is 1. The minimum absolute atomic E-state index is 0.0642. The van der Waals surface area contributed by atoms with Crippen molar-refractivity contribution in [1.82, 2.24) is 9.71 Å². The molecule has 21 heavy (non-hydrogen) atoms. The van der Waals surface area contributed by atoms with Crippen molar-refractivity contribution < 1.29 is 13.2 Å². The second-order valence-corrected chi connectivity index (χ2v) is 7.29. The molecule has 2 aromatic rings. The van der Waals surface area contributed by atoms with Crippen LogP contribution in [0.2, 0.25) is 0 Å². The normalized spacial score (nSPS) is 11.3. The Balaban J connectivity index is 2.22. The summed E-state index contributed by atoms with van der Waals surface area (Å²) in [5.74, 6) is -0.629.